The van der Waals surface area contributed by atoms with Crippen molar-refractivity contribution in [1.82, 2.24) is 0 Å². The second kappa shape index (κ2) is 5.08. The lowest BCUT2D eigenvalue weighted by atomic mass is 10.1. The van der Waals surface area contributed by atoms with Crippen molar-refractivity contribution in [3.8, 4) is 5.75 Å². The summed E-state index contributed by atoms with van der Waals surface area (Å²) < 4.78 is 19.1. The largest absolute Gasteiger partial charge is 0.489 e. The van der Waals surface area contributed by atoms with Crippen LogP contribution in [-0.4, -0.2) is 0 Å². The highest BCUT2D eigenvalue weighted by molar-refractivity contribution is 5.40. The van der Waals surface area contributed by atoms with Crippen LogP contribution in [-0.2, 0) is 6.61 Å². The van der Waals surface area contributed by atoms with Gasteiger partial charge in [-0.2, -0.15) is 0 Å². The van der Waals surface area contributed by atoms with Crippen molar-refractivity contribution in [1.29, 1.82) is 0 Å². The van der Waals surface area contributed by atoms with Crippen LogP contribution in [0, 0.1) is 19.7 Å². The molecule has 0 saturated heterocycles. The summed E-state index contributed by atoms with van der Waals surface area (Å²) in [6.07, 6.45) is 0. The quantitative estimate of drug-likeness (QED) is 0.838. The molecule has 0 bridgehead atoms. The highest BCUT2D eigenvalue weighted by Crippen LogP contribution is 2.19. The molecule has 0 aliphatic heterocycles. The standard InChI is InChI=1S/C15H16FNO/c1-10-3-6-14(7-11(10)2)18-9-12-4-5-13(17)8-15(12)16/h3-8H,9,17H2,1-2H3. The highest BCUT2D eigenvalue weighted by atomic mass is 19.1. The molecule has 0 unspecified atom stereocenters. The van der Waals surface area contributed by atoms with Gasteiger partial charge in [-0.1, -0.05) is 12.1 Å². The predicted molar refractivity (Wildman–Crippen MR) is 71.1 cm³/mol. The molecule has 2 aromatic carbocycles. The molecule has 0 atom stereocenters. The molecule has 0 saturated carbocycles. The number of hydrogen-bond acceptors (Lipinski definition) is 2. The minimum atomic E-state index is -0.334. The molecule has 2 nitrogen and oxygen atoms in total. The molecule has 18 heavy (non-hydrogen) atoms. The Bertz CT molecular complexity index is 566. The Morgan fingerprint density at radius 2 is 1.83 bits per heavy atom. The lowest BCUT2D eigenvalue weighted by Gasteiger charge is -2.09. The Labute approximate surface area is 106 Å². The topological polar surface area (TPSA) is 35.2 Å². The molecule has 0 aromatic heterocycles. The van der Waals surface area contributed by atoms with Crippen molar-refractivity contribution in [2.45, 2.75) is 20.5 Å². The first-order chi connectivity index (χ1) is 8.56. The van der Waals surface area contributed by atoms with Gasteiger partial charge < -0.3 is 10.5 Å². The number of nitrogen functional groups attached to an aromatic ring is 1. The van der Waals surface area contributed by atoms with E-state index < -0.39 is 0 Å². The van der Waals surface area contributed by atoms with Gasteiger partial charge in [-0.15, -0.1) is 0 Å². The van der Waals surface area contributed by atoms with E-state index in [0.29, 0.717) is 11.3 Å². The first-order valence-corrected chi connectivity index (χ1v) is 5.80. The van der Waals surface area contributed by atoms with Crippen molar-refractivity contribution in [2.24, 2.45) is 0 Å². The molecule has 0 radical (unpaired) electrons. The SMILES string of the molecule is Cc1ccc(OCc2ccc(N)cc2F)cc1C. The van der Waals surface area contributed by atoms with Gasteiger partial charge in [0.25, 0.3) is 0 Å². The van der Waals surface area contributed by atoms with Crippen LogP contribution in [0.2, 0.25) is 0 Å². The van der Waals surface area contributed by atoms with Gasteiger partial charge in [-0.3, -0.25) is 0 Å². The third-order valence-corrected chi connectivity index (χ3v) is 2.95. The minimum absolute atomic E-state index is 0.203. The third kappa shape index (κ3) is 2.80. The van der Waals surface area contributed by atoms with Gasteiger partial charge in [-0.05, 0) is 49.2 Å². The zero-order valence-electron chi connectivity index (χ0n) is 10.5. The zero-order valence-corrected chi connectivity index (χ0v) is 10.5. The normalized spacial score (nSPS) is 10.4. The lowest BCUT2D eigenvalue weighted by molar-refractivity contribution is 0.299. The van der Waals surface area contributed by atoms with Crippen LogP contribution in [0.15, 0.2) is 36.4 Å². The number of hydrogen-bond donors (Lipinski definition) is 1. The van der Waals surface area contributed by atoms with Crippen molar-refractivity contribution in [3.05, 3.63) is 58.9 Å². The summed E-state index contributed by atoms with van der Waals surface area (Å²) in [5.41, 5.74) is 8.78. The van der Waals surface area contributed by atoms with E-state index in [2.05, 4.69) is 0 Å². The number of ether oxygens (including phenoxy) is 1. The summed E-state index contributed by atoms with van der Waals surface area (Å²) in [4.78, 5) is 0. The second-order valence-corrected chi connectivity index (χ2v) is 4.39. The number of halogens is 1. The highest BCUT2D eigenvalue weighted by Gasteiger charge is 2.04. The molecule has 2 rings (SSSR count). The molecule has 0 aliphatic rings. The Hall–Kier alpha value is -2.03. The molecule has 0 amide bonds. The Morgan fingerprint density at radius 3 is 2.50 bits per heavy atom. The summed E-state index contributed by atoms with van der Waals surface area (Å²) in [5, 5.41) is 0. The Kier molecular flexibility index (Phi) is 3.51. The molecule has 0 aliphatic carbocycles. The van der Waals surface area contributed by atoms with Crippen LogP contribution >= 0.6 is 0 Å². The second-order valence-electron chi connectivity index (χ2n) is 4.39. The predicted octanol–water partition coefficient (Wildman–Crippen LogP) is 3.60. The van der Waals surface area contributed by atoms with Gasteiger partial charge in [0.2, 0.25) is 0 Å². The first kappa shape index (κ1) is 12.4. The fraction of sp³-hybridized carbons (Fsp3) is 0.200. The van der Waals surface area contributed by atoms with Gasteiger partial charge >= 0.3 is 0 Å². The van der Waals surface area contributed by atoms with E-state index in [1.165, 1.54) is 11.6 Å². The van der Waals surface area contributed by atoms with Crippen LogP contribution in [0.5, 0.6) is 5.75 Å². The fourth-order valence-electron chi connectivity index (χ4n) is 1.65. The van der Waals surface area contributed by atoms with Crippen LogP contribution in [0.25, 0.3) is 0 Å². The maximum absolute atomic E-state index is 13.5. The van der Waals surface area contributed by atoms with E-state index in [1.807, 2.05) is 32.0 Å². The molecule has 3 heteroatoms. The summed E-state index contributed by atoms with van der Waals surface area (Å²) >= 11 is 0. The van der Waals surface area contributed by atoms with Gasteiger partial charge in [0.15, 0.2) is 0 Å². The van der Waals surface area contributed by atoms with Crippen LogP contribution < -0.4 is 10.5 Å². The molecule has 0 fully saturated rings. The van der Waals surface area contributed by atoms with Crippen molar-refractivity contribution >= 4 is 5.69 Å². The van der Waals surface area contributed by atoms with E-state index in [1.54, 1.807) is 12.1 Å². The Morgan fingerprint density at radius 1 is 1.06 bits per heavy atom. The zero-order chi connectivity index (χ0) is 13.1. The Balaban J connectivity index is 2.09. The maximum Gasteiger partial charge on any atom is 0.131 e. The van der Waals surface area contributed by atoms with Crippen LogP contribution in [0.4, 0.5) is 10.1 Å². The monoisotopic (exact) mass is 245 g/mol. The van der Waals surface area contributed by atoms with Gasteiger partial charge in [0.05, 0.1) is 0 Å². The summed E-state index contributed by atoms with van der Waals surface area (Å²) in [6, 6.07) is 10.4. The van der Waals surface area contributed by atoms with Crippen molar-refractivity contribution in [2.75, 3.05) is 5.73 Å². The third-order valence-electron chi connectivity index (χ3n) is 2.95. The molecule has 2 N–H and O–H groups in total. The smallest absolute Gasteiger partial charge is 0.131 e. The van der Waals surface area contributed by atoms with Crippen LogP contribution in [0.3, 0.4) is 0 Å². The molecule has 94 valence electrons. The molecule has 0 heterocycles. The molecular weight excluding hydrogens is 229 g/mol. The van der Waals surface area contributed by atoms with E-state index >= 15 is 0 Å². The molecule has 0 spiro atoms. The number of anilines is 1. The van der Waals surface area contributed by atoms with E-state index in [4.69, 9.17) is 10.5 Å². The number of nitrogens with two attached hydrogens (primary N) is 1. The summed E-state index contributed by atoms with van der Waals surface area (Å²) in [7, 11) is 0. The molecule has 2 aromatic rings. The number of benzene rings is 2. The van der Waals surface area contributed by atoms with E-state index in [9.17, 15) is 4.39 Å². The van der Waals surface area contributed by atoms with E-state index in [0.717, 1.165) is 11.3 Å². The summed E-state index contributed by atoms with van der Waals surface area (Å²) in [5.74, 6) is 0.410. The van der Waals surface area contributed by atoms with Crippen LogP contribution in [0.1, 0.15) is 16.7 Å². The number of rotatable bonds is 3. The summed E-state index contributed by atoms with van der Waals surface area (Å²) in [6.45, 7) is 4.26. The van der Waals surface area contributed by atoms with Gasteiger partial charge in [-0.25, -0.2) is 4.39 Å². The maximum atomic E-state index is 13.5. The van der Waals surface area contributed by atoms with Gasteiger partial charge in [0, 0.05) is 11.3 Å². The fourth-order valence-corrected chi connectivity index (χ4v) is 1.65. The average molecular weight is 245 g/mol. The van der Waals surface area contributed by atoms with Crippen molar-refractivity contribution < 1.29 is 9.13 Å². The first-order valence-electron chi connectivity index (χ1n) is 5.80. The minimum Gasteiger partial charge on any atom is -0.489 e. The average Bonchev–Trinajstić information content (AvgIpc) is 2.32. The lowest BCUT2D eigenvalue weighted by Crippen LogP contribution is -2.00. The molecular formula is C15H16FNO. The van der Waals surface area contributed by atoms with Gasteiger partial charge in [0.1, 0.15) is 18.2 Å². The van der Waals surface area contributed by atoms with E-state index in [-0.39, 0.29) is 12.4 Å². The number of aryl methyl sites for hydroxylation is 2. The van der Waals surface area contributed by atoms with Crippen molar-refractivity contribution in [3.63, 3.8) is 0 Å².